The van der Waals surface area contributed by atoms with Crippen molar-refractivity contribution in [2.75, 3.05) is 0 Å². The first-order chi connectivity index (χ1) is 11.2. The Morgan fingerprint density at radius 3 is 2.46 bits per heavy atom. The maximum atomic E-state index is 12.0. The molecule has 0 aliphatic heterocycles. The standard InChI is InChI=1S/C17H18N2O5/c1-11-5-6-12(10-15(11)19(21)22)23-13-7-8-18-14(9-13)16(20)24-17(2,3)4/h5-10H,1-4H3. The summed E-state index contributed by atoms with van der Waals surface area (Å²) < 4.78 is 10.8. The third-order valence-corrected chi connectivity index (χ3v) is 2.95. The summed E-state index contributed by atoms with van der Waals surface area (Å²) in [5.74, 6) is 0.0699. The van der Waals surface area contributed by atoms with Gasteiger partial charge >= 0.3 is 5.97 Å². The van der Waals surface area contributed by atoms with Crippen LogP contribution < -0.4 is 4.74 Å². The Morgan fingerprint density at radius 2 is 1.83 bits per heavy atom. The van der Waals surface area contributed by atoms with Crippen molar-refractivity contribution in [3.63, 3.8) is 0 Å². The van der Waals surface area contributed by atoms with Crippen LogP contribution >= 0.6 is 0 Å². The summed E-state index contributed by atoms with van der Waals surface area (Å²) in [5.41, 5.74) is -0.0258. The van der Waals surface area contributed by atoms with Crippen LogP contribution in [0.5, 0.6) is 11.5 Å². The van der Waals surface area contributed by atoms with E-state index in [0.717, 1.165) is 0 Å². The molecule has 0 saturated carbocycles. The molecule has 1 aromatic heterocycles. The second kappa shape index (κ2) is 6.66. The average molecular weight is 330 g/mol. The molecular weight excluding hydrogens is 312 g/mol. The number of ether oxygens (including phenoxy) is 2. The van der Waals surface area contributed by atoms with E-state index in [-0.39, 0.29) is 11.4 Å². The predicted octanol–water partition coefficient (Wildman–Crippen LogP) is 4.05. The van der Waals surface area contributed by atoms with Crippen LogP contribution in [0.15, 0.2) is 36.5 Å². The van der Waals surface area contributed by atoms with Crippen LogP contribution in [0.1, 0.15) is 36.8 Å². The van der Waals surface area contributed by atoms with Crippen molar-refractivity contribution in [3.05, 3.63) is 57.9 Å². The highest BCUT2D eigenvalue weighted by molar-refractivity contribution is 5.87. The number of hydrogen-bond donors (Lipinski definition) is 0. The number of nitro groups is 1. The number of pyridine rings is 1. The Morgan fingerprint density at radius 1 is 1.17 bits per heavy atom. The molecule has 0 aliphatic rings. The zero-order valence-electron chi connectivity index (χ0n) is 13.9. The molecule has 0 amide bonds. The van der Waals surface area contributed by atoms with Gasteiger partial charge in [0, 0.05) is 17.8 Å². The molecule has 0 spiro atoms. The number of hydrogen-bond acceptors (Lipinski definition) is 6. The fourth-order valence-electron chi connectivity index (χ4n) is 1.90. The number of nitro benzene ring substituents is 1. The van der Waals surface area contributed by atoms with Crippen LogP contribution in [0.25, 0.3) is 0 Å². The molecule has 7 heteroatoms. The minimum Gasteiger partial charge on any atom is -0.457 e. The van der Waals surface area contributed by atoms with Gasteiger partial charge in [-0.1, -0.05) is 0 Å². The summed E-state index contributed by atoms with van der Waals surface area (Å²) in [7, 11) is 0. The van der Waals surface area contributed by atoms with Crippen molar-refractivity contribution in [2.45, 2.75) is 33.3 Å². The minimum absolute atomic E-state index is 0.0334. The monoisotopic (exact) mass is 330 g/mol. The van der Waals surface area contributed by atoms with Crippen LogP contribution in [-0.2, 0) is 4.74 Å². The first-order valence-electron chi connectivity index (χ1n) is 7.28. The fraction of sp³-hybridized carbons (Fsp3) is 0.294. The van der Waals surface area contributed by atoms with Gasteiger partial charge in [0.1, 0.15) is 17.1 Å². The zero-order valence-corrected chi connectivity index (χ0v) is 13.9. The van der Waals surface area contributed by atoms with Crippen LogP contribution in [0.2, 0.25) is 0 Å². The Bertz CT molecular complexity index is 781. The summed E-state index contributed by atoms with van der Waals surface area (Å²) >= 11 is 0. The van der Waals surface area contributed by atoms with Gasteiger partial charge in [-0.3, -0.25) is 10.1 Å². The molecule has 0 fully saturated rings. The molecule has 126 valence electrons. The quantitative estimate of drug-likeness (QED) is 0.477. The van der Waals surface area contributed by atoms with Gasteiger partial charge in [-0.25, -0.2) is 9.78 Å². The van der Waals surface area contributed by atoms with Gasteiger partial charge in [0.25, 0.3) is 5.69 Å². The van der Waals surface area contributed by atoms with Gasteiger partial charge in [0.15, 0.2) is 5.69 Å². The zero-order chi connectivity index (χ0) is 17.9. The Labute approximate surface area is 139 Å². The van der Waals surface area contributed by atoms with E-state index in [1.165, 1.54) is 18.3 Å². The van der Waals surface area contributed by atoms with Crippen molar-refractivity contribution >= 4 is 11.7 Å². The number of benzene rings is 1. The van der Waals surface area contributed by atoms with E-state index in [4.69, 9.17) is 9.47 Å². The van der Waals surface area contributed by atoms with Gasteiger partial charge in [0.2, 0.25) is 0 Å². The lowest BCUT2D eigenvalue weighted by molar-refractivity contribution is -0.385. The Hall–Kier alpha value is -2.96. The van der Waals surface area contributed by atoms with Crippen molar-refractivity contribution in [3.8, 4) is 11.5 Å². The number of nitrogens with zero attached hydrogens (tertiary/aromatic N) is 2. The van der Waals surface area contributed by atoms with Crippen LogP contribution in [0.3, 0.4) is 0 Å². The van der Waals surface area contributed by atoms with Crippen LogP contribution in [0, 0.1) is 17.0 Å². The van der Waals surface area contributed by atoms with Crippen molar-refractivity contribution in [1.82, 2.24) is 4.98 Å². The average Bonchev–Trinajstić information content (AvgIpc) is 2.47. The molecule has 0 aliphatic carbocycles. The van der Waals surface area contributed by atoms with Gasteiger partial charge < -0.3 is 9.47 Å². The third-order valence-electron chi connectivity index (χ3n) is 2.95. The highest BCUT2D eigenvalue weighted by atomic mass is 16.6. The first kappa shape index (κ1) is 17.4. The lowest BCUT2D eigenvalue weighted by atomic mass is 10.2. The molecule has 1 aromatic carbocycles. The minimum atomic E-state index is -0.632. The first-order valence-corrected chi connectivity index (χ1v) is 7.28. The molecule has 0 saturated heterocycles. The highest BCUT2D eigenvalue weighted by Crippen LogP contribution is 2.28. The highest BCUT2D eigenvalue weighted by Gasteiger charge is 2.19. The number of aryl methyl sites for hydroxylation is 1. The molecular formula is C17H18N2O5. The maximum absolute atomic E-state index is 12.0. The van der Waals surface area contributed by atoms with Crippen molar-refractivity contribution < 1.29 is 19.2 Å². The molecule has 0 N–H and O–H groups in total. The molecule has 0 atom stereocenters. The number of esters is 1. The van der Waals surface area contributed by atoms with Gasteiger partial charge in [-0.05, 0) is 45.9 Å². The Balaban J connectivity index is 2.22. The van der Waals surface area contributed by atoms with E-state index in [1.54, 1.807) is 45.9 Å². The van der Waals surface area contributed by atoms with E-state index in [2.05, 4.69) is 4.98 Å². The summed E-state index contributed by atoms with van der Waals surface area (Å²) in [5, 5.41) is 11.0. The van der Waals surface area contributed by atoms with Crippen LogP contribution in [0.4, 0.5) is 5.69 Å². The number of carbonyl (C=O) groups excluding carboxylic acids is 1. The number of rotatable bonds is 4. The summed E-state index contributed by atoms with van der Waals surface area (Å²) in [6.07, 6.45) is 1.41. The van der Waals surface area contributed by atoms with Gasteiger partial charge in [-0.15, -0.1) is 0 Å². The topological polar surface area (TPSA) is 91.6 Å². The van der Waals surface area contributed by atoms with E-state index in [0.29, 0.717) is 17.1 Å². The van der Waals surface area contributed by atoms with Gasteiger partial charge in [0.05, 0.1) is 11.0 Å². The smallest absolute Gasteiger partial charge is 0.357 e. The number of aromatic nitrogens is 1. The normalized spacial score (nSPS) is 11.0. The molecule has 0 unspecified atom stereocenters. The van der Waals surface area contributed by atoms with E-state index < -0.39 is 16.5 Å². The third kappa shape index (κ3) is 4.52. The largest absolute Gasteiger partial charge is 0.457 e. The van der Waals surface area contributed by atoms with Crippen LogP contribution in [-0.4, -0.2) is 21.5 Å². The number of carbonyl (C=O) groups is 1. The molecule has 24 heavy (non-hydrogen) atoms. The summed E-state index contributed by atoms with van der Waals surface area (Å²) in [6, 6.07) is 7.54. The molecule has 7 nitrogen and oxygen atoms in total. The second-order valence-electron chi connectivity index (χ2n) is 6.19. The SMILES string of the molecule is Cc1ccc(Oc2ccnc(C(=O)OC(C)(C)C)c2)cc1[N+](=O)[O-]. The molecule has 0 radical (unpaired) electrons. The van der Waals surface area contributed by atoms with E-state index in [9.17, 15) is 14.9 Å². The lowest BCUT2D eigenvalue weighted by Gasteiger charge is -2.19. The lowest BCUT2D eigenvalue weighted by Crippen LogP contribution is -2.24. The predicted molar refractivity (Wildman–Crippen MR) is 87.3 cm³/mol. The molecule has 1 heterocycles. The summed E-state index contributed by atoms with van der Waals surface area (Å²) in [6.45, 7) is 6.93. The fourth-order valence-corrected chi connectivity index (χ4v) is 1.90. The summed E-state index contributed by atoms with van der Waals surface area (Å²) in [4.78, 5) is 26.5. The molecule has 2 aromatic rings. The van der Waals surface area contributed by atoms with Gasteiger partial charge in [-0.2, -0.15) is 0 Å². The molecule has 2 rings (SSSR count). The second-order valence-corrected chi connectivity index (χ2v) is 6.19. The maximum Gasteiger partial charge on any atom is 0.357 e. The van der Waals surface area contributed by atoms with Crippen molar-refractivity contribution in [2.24, 2.45) is 0 Å². The molecule has 0 bridgehead atoms. The van der Waals surface area contributed by atoms with E-state index in [1.807, 2.05) is 0 Å². The van der Waals surface area contributed by atoms with E-state index >= 15 is 0 Å². The van der Waals surface area contributed by atoms with Crippen molar-refractivity contribution in [1.29, 1.82) is 0 Å². The Kier molecular flexibility index (Phi) is 4.82.